The average Bonchev–Trinajstić information content (AvgIpc) is 3.20. The van der Waals surface area contributed by atoms with Crippen molar-refractivity contribution in [3.05, 3.63) is 52.4 Å². The lowest BCUT2D eigenvalue weighted by molar-refractivity contribution is 0.243. The molecule has 106 valence electrons. The van der Waals surface area contributed by atoms with E-state index in [4.69, 9.17) is 4.52 Å². The number of aromatic nitrogens is 1. The topological polar surface area (TPSA) is 29.3 Å². The van der Waals surface area contributed by atoms with Crippen molar-refractivity contribution in [1.82, 2.24) is 10.1 Å². The average molecular weight is 270 g/mol. The largest absolute Gasteiger partial charge is 0.361 e. The van der Waals surface area contributed by atoms with Gasteiger partial charge in [0.2, 0.25) is 0 Å². The van der Waals surface area contributed by atoms with Crippen LogP contribution in [0.2, 0.25) is 0 Å². The van der Waals surface area contributed by atoms with Gasteiger partial charge in [-0.2, -0.15) is 0 Å². The Kier molecular flexibility index (Phi) is 3.62. The molecule has 0 amide bonds. The monoisotopic (exact) mass is 270 g/mol. The van der Waals surface area contributed by atoms with Gasteiger partial charge in [-0.25, -0.2) is 0 Å². The summed E-state index contributed by atoms with van der Waals surface area (Å²) in [5, 5.41) is 4.07. The van der Waals surface area contributed by atoms with E-state index in [0.29, 0.717) is 0 Å². The van der Waals surface area contributed by atoms with Gasteiger partial charge in [0.1, 0.15) is 5.76 Å². The second-order valence-corrected chi connectivity index (χ2v) is 5.93. The molecule has 1 saturated carbocycles. The third-order valence-electron chi connectivity index (χ3n) is 4.07. The molecule has 0 radical (unpaired) electrons. The fourth-order valence-electron chi connectivity index (χ4n) is 2.73. The lowest BCUT2D eigenvalue weighted by Crippen LogP contribution is -2.25. The minimum Gasteiger partial charge on any atom is -0.361 e. The first-order valence-electron chi connectivity index (χ1n) is 7.35. The van der Waals surface area contributed by atoms with Gasteiger partial charge in [-0.05, 0) is 39.2 Å². The predicted octanol–water partition coefficient (Wildman–Crippen LogP) is 3.76. The van der Waals surface area contributed by atoms with E-state index < -0.39 is 0 Å². The van der Waals surface area contributed by atoms with Crippen LogP contribution in [-0.4, -0.2) is 16.1 Å². The molecule has 1 fully saturated rings. The first kappa shape index (κ1) is 13.4. The summed E-state index contributed by atoms with van der Waals surface area (Å²) in [6.07, 6.45) is 2.63. The molecule has 3 nitrogen and oxygen atoms in total. The SMILES string of the molecule is Cc1cccc(CN(Cc2c(C)noc2C)C2CC2)c1. The number of rotatable bonds is 5. The highest BCUT2D eigenvalue weighted by molar-refractivity contribution is 5.24. The number of nitrogens with zero attached hydrogens (tertiary/aromatic N) is 2. The Morgan fingerprint density at radius 3 is 2.60 bits per heavy atom. The molecule has 0 bridgehead atoms. The van der Waals surface area contributed by atoms with Crippen LogP contribution in [0.3, 0.4) is 0 Å². The molecule has 1 heterocycles. The number of hydrogen-bond donors (Lipinski definition) is 0. The van der Waals surface area contributed by atoms with Crippen LogP contribution in [0.1, 0.15) is 41.0 Å². The Balaban J connectivity index is 1.76. The van der Waals surface area contributed by atoms with Gasteiger partial charge in [0.05, 0.1) is 5.69 Å². The van der Waals surface area contributed by atoms with E-state index in [1.165, 1.54) is 29.5 Å². The molecule has 3 heteroatoms. The Labute approximate surface area is 120 Å². The zero-order valence-electron chi connectivity index (χ0n) is 12.5. The van der Waals surface area contributed by atoms with Gasteiger partial charge in [0.15, 0.2) is 0 Å². The van der Waals surface area contributed by atoms with Crippen LogP contribution in [0, 0.1) is 20.8 Å². The summed E-state index contributed by atoms with van der Waals surface area (Å²) in [7, 11) is 0. The van der Waals surface area contributed by atoms with Gasteiger partial charge in [0.25, 0.3) is 0 Å². The van der Waals surface area contributed by atoms with Crippen molar-refractivity contribution in [1.29, 1.82) is 0 Å². The zero-order chi connectivity index (χ0) is 14.1. The molecule has 0 saturated heterocycles. The van der Waals surface area contributed by atoms with Crippen LogP contribution >= 0.6 is 0 Å². The molecule has 0 unspecified atom stereocenters. The third kappa shape index (κ3) is 2.93. The third-order valence-corrected chi connectivity index (χ3v) is 4.07. The number of hydrogen-bond acceptors (Lipinski definition) is 3. The van der Waals surface area contributed by atoms with Crippen molar-refractivity contribution in [2.24, 2.45) is 0 Å². The zero-order valence-corrected chi connectivity index (χ0v) is 12.5. The van der Waals surface area contributed by atoms with E-state index in [2.05, 4.69) is 41.2 Å². The van der Waals surface area contributed by atoms with Gasteiger partial charge in [-0.1, -0.05) is 35.0 Å². The van der Waals surface area contributed by atoms with E-state index in [-0.39, 0.29) is 0 Å². The van der Waals surface area contributed by atoms with Crippen LogP contribution in [0.4, 0.5) is 0 Å². The summed E-state index contributed by atoms with van der Waals surface area (Å²) in [6, 6.07) is 9.52. The molecule has 0 spiro atoms. The molecule has 1 aromatic carbocycles. The van der Waals surface area contributed by atoms with Crippen LogP contribution < -0.4 is 0 Å². The first-order chi connectivity index (χ1) is 9.63. The molecule has 1 aromatic heterocycles. The maximum Gasteiger partial charge on any atom is 0.138 e. The Hall–Kier alpha value is -1.61. The molecular weight excluding hydrogens is 248 g/mol. The molecule has 3 rings (SSSR count). The van der Waals surface area contributed by atoms with Crippen molar-refractivity contribution in [3.63, 3.8) is 0 Å². The van der Waals surface area contributed by atoms with Gasteiger partial charge < -0.3 is 4.52 Å². The van der Waals surface area contributed by atoms with Gasteiger partial charge in [-0.3, -0.25) is 4.90 Å². The summed E-state index contributed by atoms with van der Waals surface area (Å²) in [5.74, 6) is 0.956. The summed E-state index contributed by atoms with van der Waals surface area (Å²) in [6.45, 7) is 8.14. The predicted molar refractivity (Wildman–Crippen MR) is 79.4 cm³/mol. The van der Waals surface area contributed by atoms with Crippen LogP contribution in [-0.2, 0) is 13.1 Å². The van der Waals surface area contributed by atoms with E-state index in [1.807, 2.05) is 13.8 Å². The maximum atomic E-state index is 5.29. The van der Waals surface area contributed by atoms with Gasteiger partial charge >= 0.3 is 0 Å². The highest BCUT2D eigenvalue weighted by Gasteiger charge is 2.30. The summed E-state index contributed by atoms with van der Waals surface area (Å²) < 4.78 is 5.29. The second kappa shape index (κ2) is 5.41. The fourth-order valence-corrected chi connectivity index (χ4v) is 2.73. The van der Waals surface area contributed by atoms with Crippen LogP contribution in [0.25, 0.3) is 0 Å². The van der Waals surface area contributed by atoms with Gasteiger partial charge in [-0.15, -0.1) is 0 Å². The first-order valence-corrected chi connectivity index (χ1v) is 7.35. The molecule has 20 heavy (non-hydrogen) atoms. The number of aryl methyl sites for hydroxylation is 3. The number of benzene rings is 1. The van der Waals surface area contributed by atoms with E-state index in [9.17, 15) is 0 Å². The fraction of sp³-hybridized carbons (Fsp3) is 0.471. The Morgan fingerprint density at radius 2 is 2.00 bits per heavy atom. The lowest BCUT2D eigenvalue weighted by atomic mass is 10.1. The minimum absolute atomic E-state index is 0.726. The molecule has 0 atom stereocenters. The quantitative estimate of drug-likeness (QED) is 0.828. The van der Waals surface area contributed by atoms with Gasteiger partial charge in [0, 0.05) is 24.7 Å². The standard InChI is InChI=1S/C17H22N2O/c1-12-5-4-6-15(9-12)10-19(16-7-8-16)11-17-13(2)18-20-14(17)3/h4-6,9,16H,7-8,10-11H2,1-3H3. The molecule has 0 aliphatic heterocycles. The maximum absolute atomic E-state index is 5.29. The minimum atomic E-state index is 0.726. The van der Waals surface area contributed by atoms with E-state index >= 15 is 0 Å². The van der Waals surface area contributed by atoms with Crippen molar-refractivity contribution in [2.75, 3.05) is 0 Å². The molecule has 1 aliphatic carbocycles. The Bertz CT molecular complexity index is 579. The molecular formula is C17H22N2O. The van der Waals surface area contributed by atoms with Crippen LogP contribution in [0.15, 0.2) is 28.8 Å². The highest BCUT2D eigenvalue weighted by Crippen LogP contribution is 2.31. The van der Waals surface area contributed by atoms with E-state index in [0.717, 1.165) is 30.6 Å². The normalized spacial score (nSPS) is 15.0. The molecule has 2 aromatic rings. The van der Waals surface area contributed by atoms with Crippen molar-refractivity contribution < 1.29 is 4.52 Å². The van der Waals surface area contributed by atoms with E-state index in [1.54, 1.807) is 0 Å². The van der Waals surface area contributed by atoms with Crippen molar-refractivity contribution >= 4 is 0 Å². The lowest BCUT2D eigenvalue weighted by Gasteiger charge is -2.22. The Morgan fingerprint density at radius 1 is 1.20 bits per heavy atom. The second-order valence-electron chi connectivity index (χ2n) is 5.93. The highest BCUT2D eigenvalue weighted by atomic mass is 16.5. The van der Waals surface area contributed by atoms with Crippen molar-refractivity contribution in [2.45, 2.75) is 52.7 Å². The molecule has 0 N–H and O–H groups in total. The van der Waals surface area contributed by atoms with Crippen LogP contribution in [0.5, 0.6) is 0 Å². The summed E-state index contributed by atoms with van der Waals surface area (Å²) in [4.78, 5) is 2.56. The summed E-state index contributed by atoms with van der Waals surface area (Å²) >= 11 is 0. The smallest absolute Gasteiger partial charge is 0.138 e. The molecule has 1 aliphatic rings. The van der Waals surface area contributed by atoms with Crippen molar-refractivity contribution in [3.8, 4) is 0 Å². The summed E-state index contributed by atoms with van der Waals surface area (Å²) in [5.41, 5.74) is 5.00.